The van der Waals surface area contributed by atoms with Crippen LogP contribution >= 0.6 is 12.4 Å². The Hall–Kier alpha value is -1.52. The molecule has 0 fully saturated rings. The van der Waals surface area contributed by atoms with Gasteiger partial charge in [-0.1, -0.05) is 12.1 Å². The van der Waals surface area contributed by atoms with Crippen molar-refractivity contribution < 1.29 is 4.42 Å². The van der Waals surface area contributed by atoms with Crippen LogP contribution < -0.4 is 11.1 Å². The first-order chi connectivity index (χ1) is 8.25. The van der Waals surface area contributed by atoms with E-state index in [0.29, 0.717) is 5.58 Å². The van der Waals surface area contributed by atoms with E-state index >= 15 is 0 Å². The Kier molecular flexibility index (Phi) is 3.59. The highest BCUT2D eigenvalue weighted by atomic mass is 35.5. The molecule has 1 aromatic heterocycles. The zero-order chi connectivity index (χ0) is 11.8. The van der Waals surface area contributed by atoms with Crippen LogP contribution in [-0.2, 0) is 7.05 Å². The Morgan fingerprint density at radius 2 is 2.22 bits per heavy atom. The number of nitrogens with zero attached hydrogens (tertiary/aromatic N) is 1. The van der Waals surface area contributed by atoms with Crippen molar-refractivity contribution in [2.45, 2.75) is 6.42 Å². The van der Waals surface area contributed by atoms with E-state index in [9.17, 15) is 4.79 Å². The average molecular weight is 267 g/mol. The van der Waals surface area contributed by atoms with Crippen molar-refractivity contribution in [2.75, 3.05) is 13.1 Å². The van der Waals surface area contributed by atoms with E-state index in [1.807, 2.05) is 18.2 Å². The van der Waals surface area contributed by atoms with Crippen LogP contribution in [0.25, 0.3) is 16.7 Å². The predicted molar refractivity (Wildman–Crippen MR) is 74.2 cm³/mol. The van der Waals surface area contributed by atoms with Gasteiger partial charge in [-0.3, -0.25) is 4.57 Å². The third-order valence-corrected chi connectivity index (χ3v) is 3.19. The van der Waals surface area contributed by atoms with Crippen LogP contribution in [0.3, 0.4) is 0 Å². The van der Waals surface area contributed by atoms with Crippen LogP contribution in [0, 0.1) is 0 Å². The van der Waals surface area contributed by atoms with Gasteiger partial charge in [-0.25, -0.2) is 4.79 Å². The normalized spacial score (nSPS) is 15.3. The van der Waals surface area contributed by atoms with E-state index in [2.05, 4.69) is 11.4 Å². The molecule has 1 N–H and O–H groups in total. The van der Waals surface area contributed by atoms with Crippen LogP contribution in [-0.4, -0.2) is 17.7 Å². The fourth-order valence-electron chi connectivity index (χ4n) is 2.20. The molecule has 0 atom stereocenters. The van der Waals surface area contributed by atoms with Crippen molar-refractivity contribution in [3.05, 3.63) is 40.4 Å². The number of oxazole rings is 1. The molecule has 0 amide bonds. The molecule has 2 aromatic rings. The third kappa shape index (κ3) is 2.09. The number of halogens is 1. The monoisotopic (exact) mass is 266 g/mol. The lowest BCUT2D eigenvalue weighted by Crippen LogP contribution is -2.21. The summed E-state index contributed by atoms with van der Waals surface area (Å²) in [5.41, 5.74) is 3.88. The van der Waals surface area contributed by atoms with Crippen molar-refractivity contribution in [3.8, 4) is 0 Å². The Bertz CT molecular complexity index is 655. The summed E-state index contributed by atoms with van der Waals surface area (Å²) in [7, 11) is 1.72. The van der Waals surface area contributed by atoms with Crippen molar-refractivity contribution in [2.24, 2.45) is 7.05 Å². The second kappa shape index (κ2) is 5.00. The van der Waals surface area contributed by atoms with Crippen molar-refractivity contribution in [1.29, 1.82) is 0 Å². The van der Waals surface area contributed by atoms with E-state index in [0.717, 1.165) is 30.6 Å². The highest BCUT2D eigenvalue weighted by Crippen LogP contribution is 2.21. The van der Waals surface area contributed by atoms with Gasteiger partial charge in [-0.15, -0.1) is 12.4 Å². The van der Waals surface area contributed by atoms with Crippen molar-refractivity contribution in [1.82, 2.24) is 9.88 Å². The maximum atomic E-state index is 11.4. The lowest BCUT2D eigenvalue weighted by molar-refractivity contribution is 0.528. The van der Waals surface area contributed by atoms with E-state index in [1.54, 1.807) is 7.05 Å². The second-order valence-electron chi connectivity index (χ2n) is 4.30. The van der Waals surface area contributed by atoms with Gasteiger partial charge in [0.05, 0.1) is 5.52 Å². The summed E-state index contributed by atoms with van der Waals surface area (Å²) in [4.78, 5) is 11.4. The number of aryl methyl sites for hydroxylation is 1. The molecule has 18 heavy (non-hydrogen) atoms. The molecule has 0 saturated carbocycles. The smallest absolute Gasteiger partial charge is 0.408 e. The molecule has 4 nitrogen and oxygen atoms in total. The first kappa shape index (κ1) is 12.9. The highest BCUT2D eigenvalue weighted by molar-refractivity contribution is 5.85. The average Bonchev–Trinajstić information content (AvgIpc) is 2.66. The van der Waals surface area contributed by atoms with Gasteiger partial charge in [0.25, 0.3) is 0 Å². The number of nitrogens with one attached hydrogen (secondary N) is 1. The van der Waals surface area contributed by atoms with Crippen LogP contribution in [0.4, 0.5) is 0 Å². The summed E-state index contributed by atoms with van der Waals surface area (Å²) in [5, 5.41) is 3.33. The summed E-state index contributed by atoms with van der Waals surface area (Å²) in [6.07, 6.45) is 3.28. The molecule has 1 aromatic carbocycles. The van der Waals surface area contributed by atoms with Gasteiger partial charge in [0.15, 0.2) is 5.58 Å². The minimum atomic E-state index is -0.312. The van der Waals surface area contributed by atoms with E-state index in [-0.39, 0.29) is 18.2 Å². The summed E-state index contributed by atoms with van der Waals surface area (Å²) in [6, 6.07) is 5.91. The molecule has 0 saturated heterocycles. The zero-order valence-corrected chi connectivity index (χ0v) is 10.9. The lowest BCUT2D eigenvalue weighted by Gasteiger charge is -2.14. The molecule has 0 aliphatic carbocycles. The van der Waals surface area contributed by atoms with Gasteiger partial charge in [0, 0.05) is 13.6 Å². The van der Waals surface area contributed by atoms with Crippen LogP contribution in [0.5, 0.6) is 0 Å². The molecule has 2 heterocycles. The van der Waals surface area contributed by atoms with E-state index in [1.165, 1.54) is 10.1 Å². The molecule has 96 valence electrons. The molecule has 0 bridgehead atoms. The van der Waals surface area contributed by atoms with Crippen molar-refractivity contribution in [3.63, 3.8) is 0 Å². The van der Waals surface area contributed by atoms with E-state index < -0.39 is 0 Å². The first-order valence-corrected chi connectivity index (χ1v) is 5.75. The van der Waals surface area contributed by atoms with Gasteiger partial charge < -0.3 is 9.73 Å². The number of rotatable bonds is 1. The van der Waals surface area contributed by atoms with Crippen LogP contribution in [0.15, 0.2) is 33.5 Å². The maximum absolute atomic E-state index is 11.4. The zero-order valence-electron chi connectivity index (χ0n) is 10.1. The third-order valence-electron chi connectivity index (χ3n) is 3.19. The summed E-state index contributed by atoms with van der Waals surface area (Å²) in [5.74, 6) is -0.312. The Morgan fingerprint density at radius 3 is 2.94 bits per heavy atom. The second-order valence-corrected chi connectivity index (χ2v) is 4.30. The van der Waals surface area contributed by atoms with E-state index in [4.69, 9.17) is 4.42 Å². The molecular weight excluding hydrogens is 252 g/mol. The molecule has 1 aliphatic rings. The maximum Gasteiger partial charge on any atom is 0.419 e. The minimum absolute atomic E-state index is 0. The topological polar surface area (TPSA) is 47.2 Å². The fraction of sp³-hybridized carbons (Fsp3) is 0.308. The lowest BCUT2D eigenvalue weighted by atomic mass is 10.0. The molecule has 3 rings (SSSR count). The van der Waals surface area contributed by atoms with Gasteiger partial charge in [0.2, 0.25) is 0 Å². The summed E-state index contributed by atoms with van der Waals surface area (Å²) < 4.78 is 6.71. The predicted octanol–water partition coefficient (Wildman–Crippen LogP) is 1.93. The van der Waals surface area contributed by atoms with Crippen LogP contribution in [0.1, 0.15) is 12.0 Å². The molecule has 0 unspecified atom stereocenters. The highest BCUT2D eigenvalue weighted by Gasteiger charge is 2.10. The number of benzene rings is 1. The van der Waals surface area contributed by atoms with Crippen molar-refractivity contribution >= 4 is 29.1 Å². The molecule has 5 heteroatoms. The van der Waals surface area contributed by atoms with Crippen LogP contribution in [0.2, 0.25) is 0 Å². The number of hydrogen-bond donors (Lipinski definition) is 1. The molecule has 0 radical (unpaired) electrons. The van der Waals surface area contributed by atoms with Gasteiger partial charge in [0.1, 0.15) is 0 Å². The number of aromatic nitrogens is 1. The fourth-order valence-corrected chi connectivity index (χ4v) is 2.20. The largest absolute Gasteiger partial charge is 0.419 e. The Morgan fingerprint density at radius 1 is 1.39 bits per heavy atom. The molecule has 1 aliphatic heterocycles. The Labute approximate surface area is 111 Å². The van der Waals surface area contributed by atoms with Gasteiger partial charge >= 0.3 is 5.76 Å². The summed E-state index contributed by atoms with van der Waals surface area (Å²) in [6.45, 7) is 1.91. The van der Waals surface area contributed by atoms with Gasteiger partial charge in [-0.05, 0) is 36.2 Å². The number of hydrogen-bond acceptors (Lipinski definition) is 3. The number of fused-ring (bicyclic) bond motifs is 1. The SMILES string of the molecule is Cl.Cn1c(=O)oc2cc(C3=CCCNC3)ccc21. The first-order valence-electron chi connectivity index (χ1n) is 5.75. The Balaban J connectivity index is 0.00000120. The molecule has 0 spiro atoms. The quantitative estimate of drug-likeness (QED) is 0.858. The minimum Gasteiger partial charge on any atom is -0.408 e. The van der Waals surface area contributed by atoms with Gasteiger partial charge in [-0.2, -0.15) is 0 Å². The summed E-state index contributed by atoms with van der Waals surface area (Å²) >= 11 is 0. The standard InChI is InChI=1S/C13H14N2O2.ClH/c1-15-11-5-4-9(7-12(11)17-13(15)16)10-3-2-6-14-8-10;/h3-5,7,14H,2,6,8H2,1H3;1H. The molecular formula is C13H15ClN2O2.